The zero-order chi connectivity index (χ0) is 14.6. The van der Waals surface area contributed by atoms with Crippen LogP contribution in [0.25, 0.3) is 0 Å². The molecule has 1 aliphatic carbocycles. The number of hydrogen-bond donors (Lipinski definition) is 2. The van der Waals surface area contributed by atoms with Gasteiger partial charge < -0.3 is 5.73 Å². The second kappa shape index (κ2) is 6.70. The molecule has 1 saturated carbocycles. The average molecular weight is 296 g/mol. The fourth-order valence-corrected chi connectivity index (χ4v) is 4.50. The average Bonchev–Trinajstić information content (AvgIpc) is 2.64. The maximum atomic E-state index is 12.6. The van der Waals surface area contributed by atoms with Crippen molar-refractivity contribution in [1.29, 1.82) is 0 Å². The first-order chi connectivity index (χ1) is 9.54. The van der Waals surface area contributed by atoms with Crippen molar-refractivity contribution in [3.8, 4) is 0 Å². The Hall–Kier alpha value is -0.910. The summed E-state index contributed by atoms with van der Waals surface area (Å²) in [6, 6.07) is 6.99. The van der Waals surface area contributed by atoms with Gasteiger partial charge in [0.1, 0.15) is 0 Å². The van der Waals surface area contributed by atoms with Crippen LogP contribution < -0.4 is 10.5 Å². The number of rotatable bonds is 4. The normalized spacial score (nSPS) is 24.3. The number of sulfonamides is 1. The van der Waals surface area contributed by atoms with Crippen molar-refractivity contribution < 1.29 is 8.42 Å². The standard InChI is InChI=1S/C15H24N2O2S/c1-12-7-3-2-4-9-14(12)17-20(18,19)15-10-6-5-8-13(15)11-16/h5-6,8,10,12,14,17H,2-4,7,9,11,16H2,1H3. The zero-order valence-electron chi connectivity index (χ0n) is 12.0. The van der Waals surface area contributed by atoms with Gasteiger partial charge in [0, 0.05) is 12.6 Å². The van der Waals surface area contributed by atoms with Gasteiger partial charge in [-0.3, -0.25) is 0 Å². The summed E-state index contributed by atoms with van der Waals surface area (Å²) in [4.78, 5) is 0.318. The lowest BCUT2D eigenvalue weighted by Gasteiger charge is -2.23. The Bertz CT molecular complexity index is 543. The molecule has 2 unspecified atom stereocenters. The predicted molar refractivity (Wildman–Crippen MR) is 80.7 cm³/mol. The molecule has 20 heavy (non-hydrogen) atoms. The van der Waals surface area contributed by atoms with E-state index in [1.54, 1.807) is 18.2 Å². The van der Waals surface area contributed by atoms with Gasteiger partial charge in [-0.2, -0.15) is 0 Å². The van der Waals surface area contributed by atoms with Crippen molar-refractivity contribution >= 4 is 10.0 Å². The summed E-state index contributed by atoms with van der Waals surface area (Å²) in [7, 11) is -3.48. The Morgan fingerprint density at radius 3 is 2.65 bits per heavy atom. The third-order valence-corrected chi connectivity index (χ3v) is 5.74. The lowest BCUT2D eigenvalue weighted by atomic mass is 9.98. The van der Waals surface area contributed by atoms with Crippen molar-refractivity contribution in [3.63, 3.8) is 0 Å². The van der Waals surface area contributed by atoms with Gasteiger partial charge in [0.2, 0.25) is 10.0 Å². The minimum absolute atomic E-state index is 0.0355. The predicted octanol–water partition coefficient (Wildman–Crippen LogP) is 2.39. The van der Waals surface area contributed by atoms with Crippen LogP contribution in [-0.4, -0.2) is 14.5 Å². The first-order valence-electron chi connectivity index (χ1n) is 7.35. The first-order valence-corrected chi connectivity index (χ1v) is 8.83. The monoisotopic (exact) mass is 296 g/mol. The van der Waals surface area contributed by atoms with Crippen molar-refractivity contribution in [1.82, 2.24) is 4.72 Å². The molecule has 3 N–H and O–H groups in total. The number of benzene rings is 1. The summed E-state index contributed by atoms with van der Waals surface area (Å²) in [6.45, 7) is 2.37. The third kappa shape index (κ3) is 3.59. The zero-order valence-corrected chi connectivity index (χ0v) is 12.8. The molecule has 0 radical (unpaired) electrons. The SMILES string of the molecule is CC1CCCCCC1NS(=O)(=O)c1ccccc1CN. The van der Waals surface area contributed by atoms with Crippen LogP contribution in [0, 0.1) is 5.92 Å². The molecule has 1 aromatic rings. The lowest BCUT2D eigenvalue weighted by molar-refractivity contribution is 0.399. The van der Waals surface area contributed by atoms with Gasteiger partial charge in [0.05, 0.1) is 4.90 Å². The van der Waals surface area contributed by atoms with Crippen molar-refractivity contribution in [3.05, 3.63) is 29.8 Å². The van der Waals surface area contributed by atoms with Gasteiger partial charge in [-0.25, -0.2) is 13.1 Å². The first kappa shape index (κ1) is 15.5. The molecule has 0 saturated heterocycles. The van der Waals surface area contributed by atoms with Crippen molar-refractivity contribution in [2.45, 2.75) is 56.5 Å². The Morgan fingerprint density at radius 1 is 1.20 bits per heavy atom. The maximum Gasteiger partial charge on any atom is 0.241 e. The molecule has 2 rings (SSSR count). The highest BCUT2D eigenvalue weighted by Crippen LogP contribution is 2.25. The smallest absolute Gasteiger partial charge is 0.241 e. The lowest BCUT2D eigenvalue weighted by Crippen LogP contribution is -2.39. The van der Waals surface area contributed by atoms with Crippen LogP contribution in [-0.2, 0) is 16.6 Å². The largest absolute Gasteiger partial charge is 0.326 e. The van der Waals surface area contributed by atoms with Gasteiger partial charge in [-0.15, -0.1) is 0 Å². The maximum absolute atomic E-state index is 12.6. The summed E-state index contributed by atoms with van der Waals surface area (Å²) in [5.74, 6) is 0.386. The van der Waals surface area contributed by atoms with E-state index in [1.807, 2.05) is 6.07 Å². The molecule has 0 bridgehead atoms. The molecule has 4 nitrogen and oxygen atoms in total. The highest BCUT2D eigenvalue weighted by molar-refractivity contribution is 7.89. The fourth-order valence-electron chi connectivity index (χ4n) is 2.87. The molecular formula is C15H24N2O2S. The van der Waals surface area contributed by atoms with Gasteiger partial charge in [-0.05, 0) is 30.4 Å². The molecule has 0 heterocycles. The van der Waals surface area contributed by atoms with E-state index < -0.39 is 10.0 Å². The minimum atomic E-state index is -3.48. The summed E-state index contributed by atoms with van der Waals surface area (Å²) < 4.78 is 28.0. The van der Waals surface area contributed by atoms with Crippen LogP contribution >= 0.6 is 0 Å². The Kier molecular flexibility index (Phi) is 5.18. The number of nitrogens with two attached hydrogens (primary N) is 1. The van der Waals surface area contributed by atoms with E-state index in [0.29, 0.717) is 16.4 Å². The van der Waals surface area contributed by atoms with E-state index in [-0.39, 0.29) is 12.6 Å². The number of nitrogens with one attached hydrogen (secondary N) is 1. The molecule has 0 spiro atoms. The van der Waals surface area contributed by atoms with Gasteiger partial charge in [0.15, 0.2) is 0 Å². The van der Waals surface area contributed by atoms with E-state index in [0.717, 1.165) is 19.3 Å². The van der Waals surface area contributed by atoms with E-state index in [2.05, 4.69) is 11.6 Å². The van der Waals surface area contributed by atoms with Crippen molar-refractivity contribution in [2.24, 2.45) is 11.7 Å². The molecule has 2 atom stereocenters. The molecule has 1 fully saturated rings. The quantitative estimate of drug-likeness (QED) is 0.838. The molecule has 1 aromatic carbocycles. The van der Waals surface area contributed by atoms with Gasteiger partial charge >= 0.3 is 0 Å². The van der Waals surface area contributed by atoms with Crippen LogP contribution in [0.2, 0.25) is 0 Å². The topological polar surface area (TPSA) is 72.2 Å². The third-order valence-electron chi connectivity index (χ3n) is 4.15. The number of hydrogen-bond acceptors (Lipinski definition) is 3. The van der Waals surface area contributed by atoms with E-state index in [1.165, 1.54) is 12.8 Å². The second-order valence-electron chi connectivity index (χ2n) is 5.65. The Morgan fingerprint density at radius 2 is 1.90 bits per heavy atom. The molecule has 1 aliphatic rings. The van der Waals surface area contributed by atoms with Crippen LogP contribution in [0.15, 0.2) is 29.2 Å². The van der Waals surface area contributed by atoms with Gasteiger partial charge in [-0.1, -0.05) is 44.4 Å². The fraction of sp³-hybridized carbons (Fsp3) is 0.600. The Labute approximate surface area is 121 Å². The molecular weight excluding hydrogens is 272 g/mol. The molecule has 112 valence electrons. The highest BCUT2D eigenvalue weighted by atomic mass is 32.2. The molecule has 0 amide bonds. The van der Waals surface area contributed by atoms with Crippen LogP contribution in [0.5, 0.6) is 0 Å². The van der Waals surface area contributed by atoms with E-state index >= 15 is 0 Å². The summed E-state index contributed by atoms with van der Waals surface area (Å²) in [5, 5.41) is 0. The molecule has 0 aliphatic heterocycles. The summed E-state index contributed by atoms with van der Waals surface area (Å²) in [6.07, 6.45) is 5.49. The van der Waals surface area contributed by atoms with Crippen molar-refractivity contribution in [2.75, 3.05) is 0 Å². The van der Waals surface area contributed by atoms with Gasteiger partial charge in [0.25, 0.3) is 0 Å². The second-order valence-corrected chi connectivity index (χ2v) is 7.34. The molecule has 5 heteroatoms. The minimum Gasteiger partial charge on any atom is -0.326 e. The molecule has 0 aromatic heterocycles. The van der Waals surface area contributed by atoms with Crippen LogP contribution in [0.4, 0.5) is 0 Å². The van der Waals surface area contributed by atoms with E-state index in [9.17, 15) is 8.42 Å². The van der Waals surface area contributed by atoms with Crippen LogP contribution in [0.1, 0.15) is 44.6 Å². The summed E-state index contributed by atoms with van der Waals surface area (Å²) in [5.41, 5.74) is 6.31. The van der Waals surface area contributed by atoms with Crippen LogP contribution in [0.3, 0.4) is 0 Å². The highest BCUT2D eigenvalue weighted by Gasteiger charge is 2.26. The summed E-state index contributed by atoms with van der Waals surface area (Å²) >= 11 is 0. The Balaban J connectivity index is 2.22. The van der Waals surface area contributed by atoms with E-state index in [4.69, 9.17) is 5.73 Å².